The standard InChI is InChI=1S/C16H16F3N3O2/c1-10-8-14(20-15(23)11-6-7-24-9-11)22(21-10)13-5-3-2-4-12(13)16(17,18)19/h2-5,8,11H,6-7,9H2,1H3,(H,20,23)/t11-/m1/s1. The number of ether oxygens (including phenoxy) is 1. The maximum atomic E-state index is 13.2. The maximum absolute atomic E-state index is 13.2. The normalized spacial score (nSPS) is 17.9. The average Bonchev–Trinajstić information content (AvgIpc) is 3.16. The molecule has 1 fully saturated rings. The molecule has 1 aliphatic heterocycles. The van der Waals surface area contributed by atoms with Gasteiger partial charge in [0.25, 0.3) is 0 Å². The molecule has 1 saturated heterocycles. The van der Waals surface area contributed by atoms with Crippen molar-refractivity contribution in [2.75, 3.05) is 18.5 Å². The summed E-state index contributed by atoms with van der Waals surface area (Å²) in [5, 5.41) is 6.77. The molecule has 1 aromatic heterocycles. The predicted molar refractivity (Wildman–Crippen MR) is 80.9 cm³/mol. The molecule has 1 amide bonds. The molecule has 3 rings (SSSR count). The Balaban J connectivity index is 1.97. The molecule has 128 valence electrons. The number of aromatic nitrogens is 2. The van der Waals surface area contributed by atoms with Gasteiger partial charge in [-0.25, -0.2) is 4.68 Å². The van der Waals surface area contributed by atoms with Crippen LogP contribution in [0.15, 0.2) is 30.3 Å². The Morgan fingerprint density at radius 1 is 1.38 bits per heavy atom. The van der Waals surface area contributed by atoms with Crippen LogP contribution in [-0.4, -0.2) is 28.9 Å². The third-order valence-electron chi connectivity index (χ3n) is 3.82. The molecule has 1 aliphatic rings. The highest BCUT2D eigenvalue weighted by molar-refractivity contribution is 5.92. The highest BCUT2D eigenvalue weighted by Crippen LogP contribution is 2.34. The lowest BCUT2D eigenvalue weighted by Crippen LogP contribution is -2.24. The number of nitrogens with zero attached hydrogens (tertiary/aromatic N) is 2. The third kappa shape index (κ3) is 3.28. The molecule has 0 spiro atoms. The van der Waals surface area contributed by atoms with E-state index >= 15 is 0 Å². The lowest BCUT2D eigenvalue weighted by atomic mass is 10.1. The van der Waals surface area contributed by atoms with E-state index in [0.717, 1.165) is 10.7 Å². The molecule has 1 atom stereocenters. The second-order valence-electron chi connectivity index (χ2n) is 5.65. The summed E-state index contributed by atoms with van der Waals surface area (Å²) in [4.78, 5) is 12.2. The molecule has 0 radical (unpaired) electrons. The zero-order chi connectivity index (χ0) is 17.3. The maximum Gasteiger partial charge on any atom is 0.418 e. The Hall–Kier alpha value is -2.35. The van der Waals surface area contributed by atoms with E-state index in [0.29, 0.717) is 25.3 Å². The summed E-state index contributed by atoms with van der Waals surface area (Å²) in [5.74, 6) is -0.370. The molecule has 0 bridgehead atoms. The van der Waals surface area contributed by atoms with Crippen molar-refractivity contribution in [3.05, 3.63) is 41.6 Å². The van der Waals surface area contributed by atoms with Gasteiger partial charge in [-0.3, -0.25) is 4.79 Å². The van der Waals surface area contributed by atoms with Crippen LogP contribution in [0.3, 0.4) is 0 Å². The van der Waals surface area contributed by atoms with Crippen molar-refractivity contribution >= 4 is 11.7 Å². The Kier molecular flexibility index (Phi) is 4.31. The van der Waals surface area contributed by atoms with Gasteiger partial charge in [0, 0.05) is 12.7 Å². The topological polar surface area (TPSA) is 56.1 Å². The van der Waals surface area contributed by atoms with Gasteiger partial charge in [0.15, 0.2) is 0 Å². The Morgan fingerprint density at radius 2 is 2.12 bits per heavy atom. The lowest BCUT2D eigenvalue weighted by Gasteiger charge is -2.15. The number of halogens is 3. The first kappa shape index (κ1) is 16.5. The number of carbonyl (C=O) groups excluding carboxylic acids is 1. The molecule has 2 heterocycles. The van der Waals surface area contributed by atoms with Crippen molar-refractivity contribution in [1.29, 1.82) is 0 Å². The van der Waals surface area contributed by atoms with E-state index in [1.54, 1.807) is 13.0 Å². The van der Waals surface area contributed by atoms with Gasteiger partial charge in [-0.2, -0.15) is 18.3 Å². The van der Waals surface area contributed by atoms with Gasteiger partial charge in [0.1, 0.15) is 5.82 Å². The fraction of sp³-hybridized carbons (Fsp3) is 0.375. The van der Waals surface area contributed by atoms with Gasteiger partial charge < -0.3 is 10.1 Å². The van der Waals surface area contributed by atoms with Crippen molar-refractivity contribution < 1.29 is 22.7 Å². The van der Waals surface area contributed by atoms with E-state index in [-0.39, 0.29) is 23.3 Å². The van der Waals surface area contributed by atoms with Gasteiger partial charge >= 0.3 is 6.18 Å². The van der Waals surface area contributed by atoms with Crippen molar-refractivity contribution in [1.82, 2.24) is 9.78 Å². The second-order valence-corrected chi connectivity index (χ2v) is 5.65. The van der Waals surface area contributed by atoms with Crippen LogP contribution >= 0.6 is 0 Å². The van der Waals surface area contributed by atoms with E-state index in [1.807, 2.05) is 0 Å². The molecule has 5 nitrogen and oxygen atoms in total. The summed E-state index contributed by atoms with van der Waals surface area (Å²) >= 11 is 0. The van der Waals surface area contributed by atoms with E-state index in [4.69, 9.17) is 4.74 Å². The molecule has 0 unspecified atom stereocenters. The van der Waals surface area contributed by atoms with Crippen molar-refractivity contribution in [3.8, 4) is 5.69 Å². The van der Waals surface area contributed by atoms with Crippen LogP contribution in [0.5, 0.6) is 0 Å². The highest BCUT2D eigenvalue weighted by atomic mass is 19.4. The number of rotatable bonds is 3. The van der Waals surface area contributed by atoms with Crippen LogP contribution in [0.1, 0.15) is 17.7 Å². The molecular weight excluding hydrogens is 323 g/mol. The Morgan fingerprint density at radius 3 is 2.79 bits per heavy atom. The van der Waals surface area contributed by atoms with Crippen LogP contribution in [0.2, 0.25) is 0 Å². The molecule has 2 aromatic rings. The number of anilines is 1. The molecule has 0 aliphatic carbocycles. The number of aryl methyl sites for hydroxylation is 1. The number of carbonyl (C=O) groups is 1. The number of hydrogen-bond acceptors (Lipinski definition) is 3. The van der Waals surface area contributed by atoms with Gasteiger partial charge in [0.05, 0.1) is 29.5 Å². The van der Waals surface area contributed by atoms with E-state index in [2.05, 4.69) is 10.4 Å². The average molecular weight is 339 g/mol. The van der Waals surface area contributed by atoms with Gasteiger partial charge in [-0.1, -0.05) is 12.1 Å². The molecule has 8 heteroatoms. The predicted octanol–water partition coefficient (Wildman–Crippen LogP) is 3.17. The second kappa shape index (κ2) is 6.27. The van der Waals surface area contributed by atoms with Crippen LogP contribution < -0.4 is 5.32 Å². The summed E-state index contributed by atoms with van der Waals surface area (Å²) in [7, 11) is 0. The quantitative estimate of drug-likeness (QED) is 0.934. The molecular formula is C16H16F3N3O2. The number of nitrogens with one attached hydrogen (secondary N) is 1. The minimum Gasteiger partial charge on any atom is -0.381 e. The zero-order valence-electron chi connectivity index (χ0n) is 12.9. The Bertz CT molecular complexity index is 749. The largest absolute Gasteiger partial charge is 0.418 e. The van der Waals surface area contributed by atoms with E-state index in [1.165, 1.54) is 18.2 Å². The fourth-order valence-corrected chi connectivity index (χ4v) is 2.64. The van der Waals surface area contributed by atoms with Crippen LogP contribution in [0.4, 0.5) is 19.0 Å². The smallest absolute Gasteiger partial charge is 0.381 e. The summed E-state index contributed by atoms with van der Waals surface area (Å²) in [5.41, 5.74) is -0.436. The fourth-order valence-electron chi connectivity index (χ4n) is 2.64. The van der Waals surface area contributed by atoms with E-state index in [9.17, 15) is 18.0 Å². The first-order valence-electron chi connectivity index (χ1n) is 7.48. The first-order valence-corrected chi connectivity index (χ1v) is 7.48. The number of alkyl halides is 3. The van der Waals surface area contributed by atoms with Crippen molar-refractivity contribution in [2.24, 2.45) is 5.92 Å². The summed E-state index contributed by atoms with van der Waals surface area (Å²) < 4.78 is 46.0. The molecule has 24 heavy (non-hydrogen) atoms. The summed E-state index contributed by atoms with van der Waals surface area (Å²) in [6.45, 7) is 2.48. The van der Waals surface area contributed by atoms with Gasteiger partial charge in [-0.15, -0.1) is 0 Å². The third-order valence-corrected chi connectivity index (χ3v) is 3.82. The number of hydrogen-bond donors (Lipinski definition) is 1. The number of amides is 1. The monoisotopic (exact) mass is 339 g/mol. The van der Waals surface area contributed by atoms with Crippen LogP contribution in [-0.2, 0) is 15.7 Å². The van der Waals surface area contributed by atoms with Gasteiger partial charge in [0.2, 0.25) is 5.91 Å². The molecule has 1 aromatic carbocycles. The van der Waals surface area contributed by atoms with Crippen molar-refractivity contribution in [3.63, 3.8) is 0 Å². The SMILES string of the molecule is Cc1cc(NC(=O)[C@@H]2CCOC2)n(-c2ccccc2C(F)(F)F)n1. The van der Waals surface area contributed by atoms with Gasteiger partial charge in [-0.05, 0) is 25.5 Å². The summed E-state index contributed by atoms with van der Waals surface area (Å²) in [6.07, 6.45) is -3.92. The van der Waals surface area contributed by atoms with Crippen LogP contribution in [0.25, 0.3) is 5.69 Å². The van der Waals surface area contributed by atoms with Crippen molar-refractivity contribution in [2.45, 2.75) is 19.5 Å². The molecule has 1 N–H and O–H groups in total. The van der Waals surface area contributed by atoms with Crippen LogP contribution in [0, 0.1) is 12.8 Å². The minimum absolute atomic E-state index is 0.129. The van der Waals surface area contributed by atoms with E-state index < -0.39 is 11.7 Å². The Labute approximate surface area is 136 Å². The number of benzene rings is 1. The summed E-state index contributed by atoms with van der Waals surface area (Å²) in [6, 6.07) is 6.67. The number of para-hydroxylation sites is 1. The molecule has 0 saturated carbocycles. The zero-order valence-corrected chi connectivity index (χ0v) is 12.9. The first-order chi connectivity index (χ1) is 11.4. The highest BCUT2D eigenvalue weighted by Gasteiger charge is 2.34. The lowest BCUT2D eigenvalue weighted by molar-refractivity contribution is -0.137. The minimum atomic E-state index is -4.52.